The summed E-state index contributed by atoms with van der Waals surface area (Å²) in [6.45, 7) is 6.87. The Morgan fingerprint density at radius 1 is 1.45 bits per heavy atom. The summed E-state index contributed by atoms with van der Waals surface area (Å²) in [7, 11) is 0. The van der Waals surface area contributed by atoms with Crippen LogP contribution in [0.2, 0.25) is 0 Å². The standard InChI is InChI=1S/C14H18N4OS/c1-4-15-10(3)12-8-20-14(17-12)18-13(19)11-6-5-9(2)16-7-11/h5-8,10,15H,4H2,1-3H3,(H,17,18,19). The molecule has 0 saturated carbocycles. The molecule has 0 bridgehead atoms. The second kappa shape index (κ2) is 6.58. The number of hydrogen-bond donors (Lipinski definition) is 2. The molecule has 2 heterocycles. The highest BCUT2D eigenvalue weighted by Gasteiger charge is 2.12. The van der Waals surface area contributed by atoms with E-state index in [1.165, 1.54) is 11.3 Å². The lowest BCUT2D eigenvalue weighted by Gasteiger charge is -2.08. The van der Waals surface area contributed by atoms with Gasteiger partial charge in [0.15, 0.2) is 5.13 Å². The molecule has 0 spiro atoms. The van der Waals surface area contributed by atoms with Crippen LogP contribution >= 0.6 is 11.3 Å². The highest BCUT2D eigenvalue weighted by Crippen LogP contribution is 2.21. The maximum absolute atomic E-state index is 12.0. The number of carbonyl (C=O) groups is 1. The monoisotopic (exact) mass is 290 g/mol. The molecule has 6 heteroatoms. The Balaban J connectivity index is 2.03. The van der Waals surface area contributed by atoms with Crippen LogP contribution in [0.25, 0.3) is 0 Å². The van der Waals surface area contributed by atoms with Gasteiger partial charge in [-0.25, -0.2) is 4.98 Å². The highest BCUT2D eigenvalue weighted by molar-refractivity contribution is 7.14. The van der Waals surface area contributed by atoms with Crippen LogP contribution in [0.5, 0.6) is 0 Å². The summed E-state index contributed by atoms with van der Waals surface area (Å²) in [4.78, 5) is 20.6. The van der Waals surface area contributed by atoms with Crippen molar-refractivity contribution in [3.05, 3.63) is 40.7 Å². The number of rotatable bonds is 5. The predicted octanol–water partition coefficient (Wildman–Crippen LogP) is 2.77. The third kappa shape index (κ3) is 3.61. The molecular weight excluding hydrogens is 272 g/mol. The van der Waals surface area contributed by atoms with Crippen molar-refractivity contribution in [1.82, 2.24) is 15.3 Å². The molecule has 0 fully saturated rings. The number of nitrogens with one attached hydrogen (secondary N) is 2. The fourth-order valence-electron chi connectivity index (χ4n) is 1.72. The number of amides is 1. The number of anilines is 1. The summed E-state index contributed by atoms with van der Waals surface area (Å²) in [6.07, 6.45) is 1.57. The fourth-order valence-corrected chi connectivity index (χ4v) is 2.52. The van der Waals surface area contributed by atoms with Gasteiger partial charge in [-0.15, -0.1) is 11.3 Å². The van der Waals surface area contributed by atoms with Crippen LogP contribution in [0.4, 0.5) is 5.13 Å². The van der Waals surface area contributed by atoms with Gasteiger partial charge < -0.3 is 5.32 Å². The zero-order chi connectivity index (χ0) is 14.5. The van der Waals surface area contributed by atoms with E-state index >= 15 is 0 Å². The van der Waals surface area contributed by atoms with Crippen LogP contribution in [-0.2, 0) is 0 Å². The molecule has 20 heavy (non-hydrogen) atoms. The van der Waals surface area contributed by atoms with Gasteiger partial charge in [0.2, 0.25) is 0 Å². The lowest BCUT2D eigenvalue weighted by atomic mass is 10.2. The topological polar surface area (TPSA) is 66.9 Å². The quantitative estimate of drug-likeness (QED) is 0.888. The third-order valence-electron chi connectivity index (χ3n) is 2.87. The van der Waals surface area contributed by atoms with Gasteiger partial charge in [-0.3, -0.25) is 15.1 Å². The van der Waals surface area contributed by atoms with Crippen LogP contribution in [0.15, 0.2) is 23.7 Å². The molecule has 1 amide bonds. The first kappa shape index (κ1) is 14.6. The highest BCUT2D eigenvalue weighted by atomic mass is 32.1. The predicted molar refractivity (Wildman–Crippen MR) is 81.1 cm³/mol. The summed E-state index contributed by atoms with van der Waals surface area (Å²) < 4.78 is 0. The molecule has 2 rings (SSSR count). The minimum atomic E-state index is -0.186. The number of hydrogen-bond acceptors (Lipinski definition) is 5. The lowest BCUT2D eigenvalue weighted by Crippen LogP contribution is -2.18. The molecule has 0 aromatic carbocycles. The number of aryl methyl sites for hydroxylation is 1. The molecule has 0 saturated heterocycles. The minimum Gasteiger partial charge on any atom is -0.309 e. The van der Waals surface area contributed by atoms with Crippen molar-refractivity contribution >= 4 is 22.4 Å². The molecule has 1 unspecified atom stereocenters. The molecule has 0 aliphatic rings. The molecule has 2 aromatic heterocycles. The largest absolute Gasteiger partial charge is 0.309 e. The summed E-state index contributed by atoms with van der Waals surface area (Å²) in [5, 5.41) is 8.65. The van der Waals surface area contributed by atoms with E-state index in [0.29, 0.717) is 10.7 Å². The second-order valence-electron chi connectivity index (χ2n) is 4.50. The SMILES string of the molecule is CCNC(C)c1csc(NC(=O)c2ccc(C)nc2)n1. The Kier molecular flexibility index (Phi) is 4.81. The van der Waals surface area contributed by atoms with E-state index in [1.54, 1.807) is 12.3 Å². The van der Waals surface area contributed by atoms with Crippen molar-refractivity contribution in [2.75, 3.05) is 11.9 Å². The maximum atomic E-state index is 12.0. The van der Waals surface area contributed by atoms with E-state index in [4.69, 9.17) is 0 Å². The number of carbonyl (C=O) groups excluding carboxylic acids is 1. The summed E-state index contributed by atoms with van der Waals surface area (Å²) in [5.74, 6) is -0.186. The van der Waals surface area contributed by atoms with Gasteiger partial charge in [0.25, 0.3) is 5.91 Å². The van der Waals surface area contributed by atoms with E-state index in [1.807, 2.05) is 25.3 Å². The lowest BCUT2D eigenvalue weighted by molar-refractivity contribution is 0.102. The van der Waals surface area contributed by atoms with Gasteiger partial charge in [0, 0.05) is 23.3 Å². The molecule has 2 aromatic rings. The Hall–Kier alpha value is -1.79. The van der Waals surface area contributed by atoms with Crippen molar-refractivity contribution in [3.8, 4) is 0 Å². The Morgan fingerprint density at radius 2 is 2.25 bits per heavy atom. The molecular formula is C14H18N4OS. The number of aromatic nitrogens is 2. The second-order valence-corrected chi connectivity index (χ2v) is 5.36. The number of thiazole rings is 1. The van der Waals surface area contributed by atoms with Gasteiger partial charge in [0.1, 0.15) is 0 Å². The Labute approximate surface area is 122 Å². The molecule has 0 radical (unpaired) electrons. The van der Waals surface area contributed by atoms with Crippen LogP contribution in [-0.4, -0.2) is 22.4 Å². The minimum absolute atomic E-state index is 0.183. The van der Waals surface area contributed by atoms with Crippen LogP contribution in [0.1, 0.15) is 41.6 Å². The van der Waals surface area contributed by atoms with Crippen molar-refractivity contribution in [2.24, 2.45) is 0 Å². The molecule has 106 valence electrons. The van der Waals surface area contributed by atoms with Crippen LogP contribution in [0, 0.1) is 6.92 Å². The molecule has 0 aliphatic carbocycles. The van der Waals surface area contributed by atoms with Gasteiger partial charge in [-0.2, -0.15) is 0 Å². The number of pyridine rings is 1. The van der Waals surface area contributed by atoms with E-state index in [2.05, 4.69) is 27.5 Å². The van der Waals surface area contributed by atoms with E-state index in [0.717, 1.165) is 17.9 Å². The summed E-state index contributed by atoms with van der Waals surface area (Å²) in [5.41, 5.74) is 2.36. The molecule has 0 aliphatic heterocycles. The van der Waals surface area contributed by atoms with E-state index in [9.17, 15) is 4.79 Å². The van der Waals surface area contributed by atoms with Gasteiger partial charge in [-0.1, -0.05) is 6.92 Å². The normalized spacial score (nSPS) is 12.2. The zero-order valence-corrected chi connectivity index (χ0v) is 12.6. The van der Waals surface area contributed by atoms with Gasteiger partial charge >= 0.3 is 0 Å². The van der Waals surface area contributed by atoms with Crippen molar-refractivity contribution in [2.45, 2.75) is 26.8 Å². The van der Waals surface area contributed by atoms with Crippen molar-refractivity contribution in [3.63, 3.8) is 0 Å². The smallest absolute Gasteiger partial charge is 0.259 e. The zero-order valence-electron chi connectivity index (χ0n) is 11.8. The van der Waals surface area contributed by atoms with E-state index < -0.39 is 0 Å². The first-order valence-corrected chi connectivity index (χ1v) is 7.41. The average molecular weight is 290 g/mol. The maximum Gasteiger partial charge on any atom is 0.259 e. The molecule has 2 N–H and O–H groups in total. The summed E-state index contributed by atoms with van der Waals surface area (Å²) in [6, 6.07) is 3.76. The van der Waals surface area contributed by atoms with Crippen molar-refractivity contribution < 1.29 is 4.79 Å². The Bertz CT molecular complexity index is 579. The third-order valence-corrected chi connectivity index (χ3v) is 3.65. The fraction of sp³-hybridized carbons (Fsp3) is 0.357. The van der Waals surface area contributed by atoms with Crippen molar-refractivity contribution in [1.29, 1.82) is 0 Å². The first-order valence-electron chi connectivity index (χ1n) is 6.53. The first-order chi connectivity index (χ1) is 9.60. The molecule has 1 atom stereocenters. The van der Waals surface area contributed by atoms with Gasteiger partial charge in [0.05, 0.1) is 11.3 Å². The van der Waals surface area contributed by atoms with Crippen LogP contribution < -0.4 is 10.6 Å². The van der Waals surface area contributed by atoms with E-state index in [-0.39, 0.29) is 11.9 Å². The Morgan fingerprint density at radius 3 is 2.90 bits per heavy atom. The van der Waals surface area contributed by atoms with Gasteiger partial charge in [-0.05, 0) is 32.5 Å². The number of nitrogens with zero attached hydrogens (tertiary/aromatic N) is 2. The molecule has 5 nitrogen and oxygen atoms in total. The summed E-state index contributed by atoms with van der Waals surface area (Å²) >= 11 is 1.43. The van der Waals surface area contributed by atoms with Crippen LogP contribution in [0.3, 0.4) is 0 Å². The average Bonchev–Trinajstić information content (AvgIpc) is 2.88.